The number of piperazine rings is 1. The number of rotatable bonds is 3. The van der Waals surface area contributed by atoms with Crippen molar-refractivity contribution in [2.75, 3.05) is 38.6 Å². The third-order valence-electron chi connectivity index (χ3n) is 3.48. The number of amides is 1. The molecule has 19 heavy (non-hydrogen) atoms. The predicted molar refractivity (Wildman–Crippen MR) is 74.2 cm³/mol. The molecule has 1 amide bonds. The topological polar surface area (TPSA) is 23.6 Å². The zero-order chi connectivity index (χ0) is 13.8. The van der Waals surface area contributed by atoms with Gasteiger partial charge in [-0.25, -0.2) is 4.39 Å². The monoisotopic (exact) mass is 284 g/mol. The second kappa shape index (κ2) is 6.35. The molecule has 0 saturated carbocycles. The lowest BCUT2D eigenvalue weighted by molar-refractivity contribution is 0.0644. The number of hydrogen-bond acceptors (Lipinski definition) is 2. The van der Waals surface area contributed by atoms with Crippen LogP contribution in [0.25, 0.3) is 0 Å². The Hall–Kier alpha value is -1.13. The summed E-state index contributed by atoms with van der Waals surface area (Å²) in [6.45, 7) is 5.54. The van der Waals surface area contributed by atoms with E-state index in [1.165, 1.54) is 6.07 Å². The first-order valence-electron chi connectivity index (χ1n) is 6.45. The molecule has 0 atom stereocenters. The molecular weight excluding hydrogens is 267 g/mol. The van der Waals surface area contributed by atoms with Crippen molar-refractivity contribution in [3.63, 3.8) is 0 Å². The third kappa shape index (κ3) is 3.45. The fourth-order valence-electron chi connectivity index (χ4n) is 2.20. The van der Waals surface area contributed by atoms with E-state index in [0.717, 1.165) is 19.6 Å². The highest BCUT2D eigenvalue weighted by Crippen LogP contribution is 2.13. The molecule has 1 aromatic rings. The minimum absolute atomic E-state index is 0.0931. The molecule has 1 aromatic carbocycles. The first-order valence-corrected chi connectivity index (χ1v) is 6.99. The van der Waals surface area contributed by atoms with Crippen molar-refractivity contribution in [3.05, 3.63) is 35.1 Å². The molecule has 5 heteroatoms. The molecule has 0 radical (unpaired) electrons. The van der Waals surface area contributed by atoms with Crippen LogP contribution in [0.3, 0.4) is 0 Å². The van der Waals surface area contributed by atoms with Gasteiger partial charge in [-0.3, -0.25) is 9.69 Å². The van der Waals surface area contributed by atoms with Crippen molar-refractivity contribution in [1.29, 1.82) is 0 Å². The van der Waals surface area contributed by atoms with E-state index in [0.29, 0.717) is 30.1 Å². The van der Waals surface area contributed by atoms with Crippen LogP contribution >= 0.6 is 11.6 Å². The maximum atomic E-state index is 13.5. The molecule has 0 bridgehead atoms. The molecule has 0 aliphatic carbocycles. The number of hydrogen-bond donors (Lipinski definition) is 0. The van der Waals surface area contributed by atoms with Crippen molar-refractivity contribution < 1.29 is 9.18 Å². The number of nitrogens with zero attached hydrogens (tertiary/aromatic N) is 2. The van der Waals surface area contributed by atoms with E-state index in [1.807, 2.05) is 0 Å². The largest absolute Gasteiger partial charge is 0.336 e. The second-order valence-electron chi connectivity index (χ2n) is 4.79. The van der Waals surface area contributed by atoms with Crippen LogP contribution < -0.4 is 0 Å². The fraction of sp³-hybridized carbons (Fsp3) is 0.500. The molecule has 1 fully saturated rings. The fourth-order valence-corrected chi connectivity index (χ4v) is 2.44. The number of carbonyl (C=O) groups is 1. The maximum Gasteiger partial charge on any atom is 0.254 e. The summed E-state index contributed by atoms with van der Waals surface area (Å²) in [4.78, 5) is 16.2. The Morgan fingerprint density at radius 1 is 1.32 bits per heavy atom. The van der Waals surface area contributed by atoms with Crippen molar-refractivity contribution in [2.24, 2.45) is 0 Å². The van der Waals surface area contributed by atoms with Gasteiger partial charge in [0.15, 0.2) is 0 Å². The average Bonchev–Trinajstić information content (AvgIpc) is 2.42. The van der Waals surface area contributed by atoms with E-state index < -0.39 is 0 Å². The average molecular weight is 285 g/mol. The van der Waals surface area contributed by atoms with E-state index in [2.05, 4.69) is 4.90 Å². The first kappa shape index (κ1) is 14.3. The minimum Gasteiger partial charge on any atom is -0.336 e. The Kier molecular flexibility index (Phi) is 4.77. The highest BCUT2D eigenvalue weighted by Gasteiger charge is 2.22. The van der Waals surface area contributed by atoms with Gasteiger partial charge in [-0.05, 0) is 24.6 Å². The van der Waals surface area contributed by atoms with Gasteiger partial charge in [-0.2, -0.15) is 0 Å². The van der Waals surface area contributed by atoms with Crippen LogP contribution in [0.2, 0.25) is 0 Å². The number of aryl methyl sites for hydroxylation is 1. The van der Waals surface area contributed by atoms with Gasteiger partial charge in [0.25, 0.3) is 5.91 Å². The Morgan fingerprint density at radius 3 is 2.58 bits per heavy atom. The lowest BCUT2D eigenvalue weighted by atomic mass is 10.1. The zero-order valence-corrected chi connectivity index (χ0v) is 11.8. The van der Waals surface area contributed by atoms with Gasteiger partial charge in [-0.15, -0.1) is 11.6 Å². The highest BCUT2D eigenvalue weighted by atomic mass is 35.5. The molecule has 1 aliphatic heterocycles. The lowest BCUT2D eigenvalue weighted by Gasteiger charge is -2.34. The van der Waals surface area contributed by atoms with Gasteiger partial charge in [0.1, 0.15) is 5.82 Å². The highest BCUT2D eigenvalue weighted by molar-refractivity contribution is 6.18. The zero-order valence-electron chi connectivity index (χ0n) is 11.0. The molecule has 104 valence electrons. The number of benzene rings is 1. The summed E-state index contributed by atoms with van der Waals surface area (Å²) in [6, 6.07) is 4.65. The standard InChI is InChI=1S/C14H18ClFN2O/c1-11-2-3-12(10-13(11)16)14(19)18-8-6-17(5-4-15)7-9-18/h2-3,10H,4-9H2,1H3. The van der Waals surface area contributed by atoms with Gasteiger partial charge >= 0.3 is 0 Å². The number of halogens is 2. The van der Waals surface area contributed by atoms with Gasteiger partial charge in [0.05, 0.1) is 0 Å². The summed E-state index contributed by atoms with van der Waals surface area (Å²) >= 11 is 5.70. The van der Waals surface area contributed by atoms with Gasteiger partial charge < -0.3 is 4.90 Å². The van der Waals surface area contributed by atoms with E-state index in [-0.39, 0.29) is 11.7 Å². The summed E-state index contributed by atoms with van der Waals surface area (Å²) in [5.41, 5.74) is 0.984. The Labute approximate surface area is 117 Å². The molecule has 0 aromatic heterocycles. The summed E-state index contributed by atoms with van der Waals surface area (Å²) < 4.78 is 13.5. The quantitative estimate of drug-likeness (QED) is 0.794. The van der Waals surface area contributed by atoms with Crippen molar-refractivity contribution >= 4 is 17.5 Å². The molecule has 0 spiro atoms. The molecule has 0 unspecified atom stereocenters. The summed E-state index contributed by atoms with van der Waals surface area (Å²) in [5, 5.41) is 0. The lowest BCUT2D eigenvalue weighted by Crippen LogP contribution is -2.49. The Bertz CT molecular complexity index is 459. The Morgan fingerprint density at radius 2 is 2.00 bits per heavy atom. The van der Waals surface area contributed by atoms with Gasteiger partial charge in [0, 0.05) is 44.2 Å². The van der Waals surface area contributed by atoms with Crippen LogP contribution in [0.5, 0.6) is 0 Å². The van der Waals surface area contributed by atoms with E-state index in [9.17, 15) is 9.18 Å². The first-order chi connectivity index (χ1) is 9.11. The molecule has 1 heterocycles. The van der Waals surface area contributed by atoms with Gasteiger partial charge in [-0.1, -0.05) is 6.07 Å². The van der Waals surface area contributed by atoms with Crippen LogP contribution in [0.1, 0.15) is 15.9 Å². The smallest absolute Gasteiger partial charge is 0.254 e. The normalized spacial score (nSPS) is 16.7. The van der Waals surface area contributed by atoms with Crippen LogP contribution in [0, 0.1) is 12.7 Å². The van der Waals surface area contributed by atoms with E-state index >= 15 is 0 Å². The van der Waals surface area contributed by atoms with Crippen LogP contribution in [-0.4, -0.2) is 54.3 Å². The SMILES string of the molecule is Cc1ccc(C(=O)N2CCN(CCCl)CC2)cc1F. The molecule has 1 aliphatic rings. The Balaban J connectivity index is 1.99. The van der Waals surface area contributed by atoms with Crippen LogP contribution in [-0.2, 0) is 0 Å². The molecule has 0 N–H and O–H groups in total. The van der Waals surface area contributed by atoms with Crippen molar-refractivity contribution in [2.45, 2.75) is 6.92 Å². The van der Waals surface area contributed by atoms with Gasteiger partial charge in [0.2, 0.25) is 0 Å². The second-order valence-corrected chi connectivity index (χ2v) is 5.16. The summed E-state index contributed by atoms with van der Waals surface area (Å²) in [7, 11) is 0. The number of carbonyl (C=O) groups excluding carboxylic acids is 1. The third-order valence-corrected chi connectivity index (χ3v) is 3.65. The number of alkyl halides is 1. The molecule has 2 rings (SSSR count). The molecule has 1 saturated heterocycles. The van der Waals surface area contributed by atoms with Crippen molar-refractivity contribution in [3.8, 4) is 0 Å². The van der Waals surface area contributed by atoms with E-state index in [1.54, 1.807) is 24.0 Å². The summed E-state index contributed by atoms with van der Waals surface area (Å²) in [5.74, 6) is 0.188. The van der Waals surface area contributed by atoms with Crippen molar-refractivity contribution in [1.82, 2.24) is 9.80 Å². The maximum absolute atomic E-state index is 13.5. The predicted octanol–water partition coefficient (Wildman–Crippen LogP) is 2.13. The molecular formula is C14H18ClFN2O. The van der Waals surface area contributed by atoms with E-state index in [4.69, 9.17) is 11.6 Å². The van der Waals surface area contributed by atoms with Crippen LogP contribution in [0.4, 0.5) is 4.39 Å². The minimum atomic E-state index is -0.327. The van der Waals surface area contributed by atoms with Crippen LogP contribution in [0.15, 0.2) is 18.2 Å². The summed E-state index contributed by atoms with van der Waals surface area (Å²) in [6.07, 6.45) is 0. The molecule has 3 nitrogen and oxygen atoms in total.